The van der Waals surface area contributed by atoms with E-state index in [9.17, 15) is 0 Å². The summed E-state index contributed by atoms with van der Waals surface area (Å²) >= 11 is 0. The Balaban J connectivity index is 1.87. The molecule has 108 valence electrons. The fraction of sp³-hybridized carbons (Fsp3) is 0.333. The average molecular weight is 283 g/mol. The molecule has 0 amide bonds. The van der Waals surface area contributed by atoms with Gasteiger partial charge in [-0.25, -0.2) is 0 Å². The minimum Gasteiger partial charge on any atom is -0.332 e. The van der Waals surface area contributed by atoms with Gasteiger partial charge in [-0.3, -0.25) is 9.67 Å². The minimum absolute atomic E-state index is 0.404. The van der Waals surface area contributed by atoms with Gasteiger partial charge in [0.05, 0.1) is 6.04 Å². The first-order valence-electron chi connectivity index (χ1n) is 7.11. The van der Waals surface area contributed by atoms with E-state index in [0.717, 1.165) is 18.4 Å². The molecule has 3 aromatic rings. The summed E-state index contributed by atoms with van der Waals surface area (Å²) in [6.07, 6.45) is 7.46. The van der Waals surface area contributed by atoms with Gasteiger partial charge < -0.3 is 4.52 Å². The fourth-order valence-corrected chi connectivity index (χ4v) is 2.26. The number of rotatable bonds is 5. The molecule has 0 saturated carbocycles. The molecule has 0 fully saturated rings. The maximum absolute atomic E-state index is 5.31. The van der Waals surface area contributed by atoms with Crippen molar-refractivity contribution in [2.24, 2.45) is 0 Å². The second-order valence-electron chi connectivity index (χ2n) is 4.81. The van der Waals surface area contributed by atoms with E-state index in [4.69, 9.17) is 4.52 Å². The van der Waals surface area contributed by atoms with E-state index in [1.165, 1.54) is 0 Å². The van der Waals surface area contributed by atoms with Crippen LogP contribution in [0.3, 0.4) is 0 Å². The molecule has 0 unspecified atom stereocenters. The Morgan fingerprint density at radius 2 is 1.90 bits per heavy atom. The summed E-state index contributed by atoms with van der Waals surface area (Å²) in [6, 6.07) is 6.00. The average Bonchev–Trinajstić information content (AvgIpc) is 3.18. The molecule has 3 rings (SSSR count). The van der Waals surface area contributed by atoms with Crippen molar-refractivity contribution in [1.82, 2.24) is 24.9 Å². The Kier molecular flexibility index (Phi) is 3.77. The topological polar surface area (TPSA) is 69.6 Å². The quantitative estimate of drug-likeness (QED) is 0.718. The van der Waals surface area contributed by atoms with Crippen LogP contribution in [0.15, 0.2) is 41.3 Å². The van der Waals surface area contributed by atoms with Gasteiger partial charge in [0.1, 0.15) is 0 Å². The molecule has 6 nitrogen and oxygen atoms in total. The first kappa shape index (κ1) is 13.5. The highest BCUT2D eigenvalue weighted by atomic mass is 16.5. The first-order valence-corrected chi connectivity index (χ1v) is 7.11. The summed E-state index contributed by atoms with van der Waals surface area (Å²) in [5.41, 5.74) is 1.58. The highest BCUT2D eigenvalue weighted by molar-refractivity contribution is 5.56. The molecule has 0 aliphatic rings. The van der Waals surface area contributed by atoms with Gasteiger partial charge in [-0.2, -0.15) is 10.1 Å². The Morgan fingerprint density at radius 1 is 1.14 bits per heavy atom. The van der Waals surface area contributed by atoms with Gasteiger partial charge in [0.25, 0.3) is 5.89 Å². The molecule has 0 saturated heterocycles. The van der Waals surface area contributed by atoms with Gasteiger partial charge >= 0.3 is 0 Å². The van der Waals surface area contributed by atoms with Gasteiger partial charge in [-0.05, 0) is 31.0 Å². The Hall–Kier alpha value is -2.50. The fourth-order valence-electron chi connectivity index (χ4n) is 2.26. The SMILES string of the molecule is CCC(CC)n1ccc(-c2nc(-c3ccncc3)no2)n1. The lowest BCUT2D eigenvalue weighted by molar-refractivity contribution is 0.417. The van der Waals surface area contributed by atoms with Gasteiger partial charge in [0, 0.05) is 24.2 Å². The number of hydrogen-bond donors (Lipinski definition) is 0. The summed E-state index contributed by atoms with van der Waals surface area (Å²) in [6.45, 7) is 4.31. The van der Waals surface area contributed by atoms with Crippen molar-refractivity contribution in [3.63, 3.8) is 0 Å². The molecule has 0 spiro atoms. The Morgan fingerprint density at radius 3 is 2.62 bits per heavy atom. The largest absolute Gasteiger partial charge is 0.332 e. The van der Waals surface area contributed by atoms with Gasteiger partial charge in [-0.1, -0.05) is 19.0 Å². The lowest BCUT2D eigenvalue weighted by Crippen LogP contribution is -2.07. The summed E-state index contributed by atoms with van der Waals surface area (Å²) < 4.78 is 7.27. The highest BCUT2D eigenvalue weighted by Gasteiger charge is 2.15. The number of pyridine rings is 1. The molecular formula is C15H17N5O. The monoisotopic (exact) mass is 283 g/mol. The van der Waals surface area contributed by atoms with E-state index >= 15 is 0 Å². The van der Waals surface area contributed by atoms with Gasteiger partial charge in [-0.15, -0.1) is 0 Å². The van der Waals surface area contributed by atoms with E-state index in [2.05, 4.69) is 34.1 Å². The maximum Gasteiger partial charge on any atom is 0.278 e. The van der Waals surface area contributed by atoms with E-state index < -0.39 is 0 Å². The predicted molar refractivity (Wildman–Crippen MR) is 78.4 cm³/mol. The van der Waals surface area contributed by atoms with Gasteiger partial charge in [0.15, 0.2) is 5.69 Å². The number of nitrogens with zero attached hydrogens (tertiary/aromatic N) is 5. The zero-order chi connectivity index (χ0) is 14.7. The molecule has 0 aliphatic carbocycles. The normalized spacial score (nSPS) is 11.2. The molecule has 0 aromatic carbocycles. The number of hydrogen-bond acceptors (Lipinski definition) is 5. The molecule has 3 heterocycles. The summed E-state index contributed by atoms with van der Waals surface area (Å²) in [4.78, 5) is 8.37. The molecule has 0 bridgehead atoms. The van der Waals surface area contributed by atoms with Crippen molar-refractivity contribution in [3.05, 3.63) is 36.8 Å². The van der Waals surface area contributed by atoms with Crippen molar-refractivity contribution >= 4 is 0 Å². The van der Waals surface area contributed by atoms with Crippen molar-refractivity contribution in [2.45, 2.75) is 32.7 Å². The van der Waals surface area contributed by atoms with Crippen LogP contribution in [0.1, 0.15) is 32.7 Å². The standard InChI is InChI=1S/C15H17N5O/c1-3-12(4-2)20-10-7-13(18-20)15-17-14(19-21-15)11-5-8-16-9-6-11/h5-10,12H,3-4H2,1-2H3. The summed E-state index contributed by atoms with van der Waals surface area (Å²) in [7, 11) is 0. The van der Waals surface area contributed by atoms with Crippen molar-refractivity contribution in [1.29, 1.82) is 0 Å². The molecule has 0 aliphatic heterocycles. The lowest BCUT2D eigenvalue weighted by atomic mass is 10.2. The van der Waals surface area contributed by atoms with Crippen LogP contribution in [0.25, 0.3) is 23.0 Å². The van der Waals surface area contributed by atoms with Crippen molar-refractivity contribution in [2.75, 3.05) is 0 Å². The van der Waals surface area contributed by atoms with E-state index in [1.54, 1.807) is 12.4 Å². The second-order valence-corrected chi connectivity index (χ2v) is 4.81. The van der Waals surface area contributed by atoms with E-state index in [-0.39, 0.29) is 0 Å². The van der Waals surface area contributed by atoms with Crippen molar-refractivity contribution in [3.8, 4) is 23.0 Å². The smallest absolute Gasteiger partial charge is 0.278 e. The molecule has 3 aromatic heterocycles. The molecule has 0 atom stereocenters. The molecule has 0 radical (unpaired) electrons. The Bertz CT molecular complexity index is 700. The van der Waals surface area contributed by atoms with Crippen LogP contribution in [-0.2, 0) is 0 Å². The Labute approximate surface area is 122 Å². The maximum atomic E-state index is 5.31. The van der Waals surface area contributed by atoms with Gasteiger partial charge in [0.2, 0.25) is 5.82 Å². The highest BCUT2D eigenvalue weighted by Crippen LogP contribution is 2.22. The van der Waals surface area contributed by atoms with Crippen LogP contribution in [0.5, 0.6) is 0 Å². The minimum atomic E-state index is 0.404. The van der Waals surface area contributed by atoms with Crippen LogP contribution in [0, 0.1) is 0 Å². The third kappa shape index (κ3) is 2.69. The third-order valence-electron chi connectivity index (χ3n) is 3.51. The molecule has 6 heteroatoms. The van der Waals surface area contributed by atoms with Crippen LogP contribution in [0.2, 0.25) is 0 Å². The number of aromatic nitrogens is 5. The third-order valence-corrected chi connectivity index (χ3v) is 3.51. The van der Waals surface area contributed by atoms with Crippen LogP contribution in [0.4, 0.5) is 0 Å². The molecule has 0 N–H and O–H groups in total. The zero-order valence-corrected chi connectivity index (χ0v) is 12.1. The van der Waals surface area contributed by atoms with Crippen molar-refractivity contribution < 1.29 is 4.52 Å². The first-order chi connectivity index (χ1) is 10.3. The molecule has 21 heavy (non-hydrogen) atoms. The van der Waals surface area contributed by atoms with Crippen LogP contribution < -0.4 is 0 Å². The lowest BCUT2D eigenvalue weighted by Gasteiger charge is -2.11. The van der Waals surface area contributed by atoms with E-state index in [0.29, 0.717) is 23.5 Å². The predicted octanol–water partition coefficient (Wildman–Crippen LogP) is 3.36. The molecular weight excluding hydrogens is 266 g/mol. The summed E-state index contributed by atoms with van der Waals surface area (Å²) in [5, 5.41) is 8.53. The van der Waals surface area contributed by atoms with E-state index in [1.807, 2.05) is 29.1 Å². The van der Waals surface area contributed by atoms with Crippen LogP contribution in [-0.4, -0.2) is 24.9 Å². The van der Waals surface area contributed by atoms with Crippen LogP contribution >= 0.6 is 0 Å². The zero-order valence-electron chi connectivity index (χ0n) is 12.1. The second kappa shape index (κ2) is 5.87. The summed E-state index contributed by atoms with van der Waals surface area (Å²) in [5.74, 6) is 0.982.